The highest BCUT2D eigenvalue weighted by atomic mass is 16.5. The smallest absolute Gasteiger partial charge is 0.340 e. The maximum absolute atomic E-state index is 12.2. The van der Waals surface area contributed by atoms with E-state index in [1.807, 2.05) is 25.1 Å². The molecule has 0 radical (unpaired) electrons. The number of nitrogen functional groups attached to an aromatic ring is 1. The number of carbonyl (C=O) groups excluding carboxylic acids is 1. The van der Waals surface area contributed by atoms with Crippen molar-refractivity contribution in [3.8, 4) is 11.3 Å². The lowest BCUT2D eigenvalue weighted by Gasteiger charge is -2.12. The lowest BCUT2D eigenvalue weighted by atomic mass is 10.0. The van der Waals surface area contributed by atoms with Crippen molar-refractivity contribution in [2.45, 2.75) is 31.7 Å². The lowest BCUT2D eigenvalue weighted by Crippen LogP contribution is -2.10. The number of nitrogens with two attached hydrogens (primary N) is 1. The average Bonchev–Trinajstić information content (AvgIpc) is 3.42. The average molecular weight is 348 g/mol. The van der Waals surface area contributed by atoms with E-state index in [0.29, 0.717) is 28.6 Å². The van der Waals surface area contributed by atoms with E-state index in [4.69, 9.17) is 15.5 Å². The van der Waals surface area contributed by atoms with Crippen molar-refractivity contribution in [2.75, 3.05) is 12.8 Å². The Kier molecular flexibility index (Phi) is 4.03. The van der Waals surface area contributed by atoms with Gasteiger partial charge < -0.3 is 10.5 Å². The maximum Gasteiger partial charge on any atom is 0.340 e. The molecule has 2 aliphatic rings. The summed E-state index contributed by atoms with van der Waals surface area (Å²) in [6, 6.07) is 5.75. The molecule has 0 saturated heterocycles. The van der Waals surface area contributed by atoms with Gasteiger partial charge in [-0.25, -0.2) is 9.78 Å². The Morgan fingerprint density at radius 3 is 2.69 bits per heavy atom. The Balaban J connectivity index is 1.82. The first kappa shape index (κ1) is 16.4. The van der Waals surface area contributed by atoms with Gasteiger partial charge in [0, 0.05) is 35.2 Å². The van der Waals surface area contributed by atoms with Crippen molar-refractivity contribution >= 4 is 23.4 Å². The number of rotatable bonds is 4. The van der Waals surface area contributed by atoms with Gasteiger partial charge in [-0.15, -0.1) is 0 Å². The summed E-state index contributed by atoms with van der Waals surface area (Å²) in [5, 5.41) is 0. The molecule has 0 aromatic carbocycles. The molecule has 1 saturated carbocycles. The molecule has 132 valence electrons. The fourth-order valence-corrected chi connectivity index (χ4v) is 3.06. The molecular formula is C20H20N4O2. The van der Waals surface area contributed by atoms with Gasteiger partial charge in [0.15, 0.2) is 0 Å². The van der Waals surface area contributed by atoms with E-state index < -0.39 is 5.97 Å². The third-order valence-electron chi connectivity index (χ3n) is 4.68. The first-order valence-corrected chi connectivity index (χ1v) is 8.67. The summed E-state index contributed by atoms with van der Waals surface area (Å²) < 4.78 is 4.89. The zero-order valence-corrected chi connectivity index (χ0v) is 14.8. The molecule has 2 aromatic heterocycles. The Morgan fingerprint density at radius 2 is 2.12 bits per heavy atom. The summed E-state index contributed by atoms with van der Waals surface area (Å²) in [6.07, 6.45) is 7.92. The molecule has 0 amide bonds. The van der Waals surface area contributed by atoms with Crippen LogP contribution in [-0.2, 0) is 4.74 Å². The van der Waals surface area contributed by atoms with E-state index in [9.17, 15) is 4.79 Å². The fraction of sp³-hybridized carbons (Fsp3) is 0.300. The Hall–Kier alpha value is -3.02. The number of ether oxygens (including phenoxy) is 1. The molecule has 26 heavy (non-hydrogen) atoms. The van der Waals surface area contributed by atoms with Crippen molar-refractivity contribution in [1.29, 1.82) is 0 Å². The summed E-state index contributed by atoms with van der Waals surface area (Å²) in [4.78, 5) is 25.8. The number of allylic oxidation sites excluding steroid dienone is 1. The Labute approximate surface area is 151 Å². The van der Waals surface area contributed by atoms with Crippen LogP contribution in [0.15, 0.2) is 35.5 Å². The largest absolute Gasteiger partial charge is 0.465 e. The van der Waals surface area contributed by atoms with Gasteiger partial charge in [0.25, 0.3) is 0 Å². The van der Waals surface area contributed by atoms with Crippen LogP contribution in [-0.4, -0.2) is 35.3 Å². The molecule has 6 heteroatoms. The second-order valence-corrected chi connectivity index (χ2v) is 6.70. The van der Waals surface area contributed by atoms with Crippen LogP contribution in [0, 0.1) is 0 Å². The van der Waals surface area contributed by atoms with Crippen molar-refractivity contribution < 1.29 is 9.53 Å². The first-order chi connectivity index (χ1) is 12.6. The van der Waals surface area contributed by atoms with Crippen molar-refractivity contribution in [3.63, 3.8) is 0 Å². The molecule has 1 fully saturated rings. The highest BCUT2D eigenvalue weighted by molar-refractivity contribution is 6.14. The van der Waals surface area contributed by atoms with Crippen LogP contribution in [0.25, 0.3) is 16.8 Å². The van der Waals surface area contributed by atoms with Gasteiger partial charge in [0.05, 0.1) is 35.8 Å². The predicted molar refractivity (Wildman–Crippen MR) is 101 cm³/mol. The van der Waals surface area contributed by atoms with Gasteiger partial charge in [-0.3, -0.25) is 9.98 Å². The number of pyridine rings is 2. The molecule has 1 unspecified atom stereocenters. The second kappa shape index (κ2) is 6.37. The Morgan fingerprint density at radius 1 is 1.31 bits per heavy atom. The summed E-state index contributed by atoms with van der Waals surface area (Å²) in [5.41, 5.74) is 10.8. The normalized spacial score (nSPS) is 18.7. The van der Waals surface area contributed by atoms with E-state index in [-0.39, 0.29) is 6.04 Å². The van der Waals surface area contributed by atoms with Crippen LogP contribution in [0.3, 0.4) is 0 Å². The van der Waals surface area contributed by atoms with Crippen molar-refractivity contribution in [1.82, 2.24) is 9.97 Å². The van der Waals surface area contributed by atoms with Crippen LogP contribution >= 0.6 is 0 Å². The van der Waals surface area contributed by atoms with E-state index in [0.717, 1.165) is 16.8 Å². The van der Waals surface area contributed by atoms with E-state index in [2.05, 4.69) is 9.98 Å². The number of hydrogen-bond donors (Lipinski definition) is 1. The van der Waals surface area contributed by atoms with Crippen molar-refractivity contribution in [2.24, 2.45) is 4.99 Å². The summed E-state index contributed by atoms with van der Waals surface area (Å²) in [7, 11) is 1.34. The van der Waals surface area contributed by atoms with Crippen LogP contribution in [0.2, 0.25) is 0 Å². The molecule has 0 spiro atoms. The number of anilines is 1. The summed E-state index contributed by atoms with van der Waals surface area (Å²) in [6.45, 7) is 1.98. The molecule has 6 nitrogen and oxygen atoms in total. The fourth-order valence-electron chi connectivity index (χ4n) is 3.06. The standard InChI is InChI=1S/C20H20N4O2/c1-11-7-14(10-22-11)19-18(21)15(20(25)26-2)8-17(24-19)13-5-6-16(23-9-13)12-3-4-12/h5-12H,3-4,21H2,1-2H3. The number of aromatic nitrogens is 2. The first-order valence-electron chi connectivity index (χ1n) is 8.67. The SMILES string of the molecule is COC(=O)c1cc(-c2ccc(C3CC3)nc2)nc(C2=CC(C)N=C2)c1N. The van der Waals surface area contributed by atoms with Gasteiger partial charge in [-0.1, -0.05) is 0 Å². The molecule has 2 N–H and O–H groups in total. The molecule has 1 aliphatic heterocycles. The summed E-state index contributed by atoms with van der Waals surface area (Å²) >= 11 is 0. The number of aliphatic imine (C=N–C) groups is 1. The van der Waals surface area contributed by atoms with Gasteiger partial charge in [0.2, 0.25) is 0 Å². The van der Waals surface area contributed by atoms with Crippen LogP contribution in [0.5, 0.6) is 0 Å². The van der Waals surface area contributed by atoms with E-state index in [1.165, 1.54) is 20.0 Å². The number of methoxy groups -OCH3 is 1. The summed E-state index contributed by atoms with van der Waals surface area (Å²) in [5.74, 6) is 0.101. The third kappa shape index (κ3) is 2.98. The van der Waals surface area contributed by atoms with E-state index >= 15 is 0 Å². The topological polar surface area (TPSA) is 90.5 Å². The minimum absolute atomic E-state index is 0.0657. The quantitative estimate of drug-likeness (QED) is 0.857. The molecule has 2 aromatic rings. The van der Waals surface area contributed by atoms with Gasteiger partial charge in [-0.2, -0.15) is 0 Å². The van der Waals surface area contributed by atoms with E-state index in [1.54, 1.807) is 18.5 Å². The Bertz CT molecular complexity index is 928. The van der Waals surface area contributed by atoms with Gasteiger partial charge in [-0.05, 0) is 44.0 Å². The zero-order valence-electron chi connectivity index (χ0n) is 14.8. The van der Waals surface area contributed by atoms with Crippen LogP contribution in [0.4, 0.5) is 5.69 Å². The number of esters is 1. The number of nitrogens with zero attached hydrogens (tertiary/aromatic N) is 3. The number of carbonyl (C=O) groups is 1. The molecular weight excluding hydrogens is 328 g/mol. The van der Waals surface area contributed by atoms with Gasteiger partial charge in [0.1, 0.15) is 0 Å². The lowest BCUT2D eigenvalue weighted by molar-refractivity contribution is 0.0602. The van der Waals surface area contributed by atoms with Gasteiger partial charge >= 0.3 is 5.97 Å². The highest BCUT2D eigenvalue weighted by Gasteiger charge is 2.25. The molecule has 1 atom stereocenters. The predicted octanol–water partition coefficient (Wildman–Crippen LogP) is 3.25. The molecule has 3 heterocycles. The molecule has 4 rings (SSSR count). The van der Waals surface area contributed by atoms with Crippen molar-refractivity contribution in [3.05, 3.63) is 47.4 Å². The minimum Gasteiger partial charge on any atom is -0.465 e. The van der Waals surface area contributed by atoms with Crippen LogP contribution < -0.4 is 5.73 Å². The number of hydrogen-bond acceptors (Lipinski definition) is 6. The third-order valence-corrected chi connectivity index (χ3v) is 4.68. The maximum atomic E-state index is 12.2. The molecule has 0 bridgehead atoms. The monoisotopic (exact) mass is 348 g/mol. The van der Waals surface area contributed by atoms with Crippen LogP contribution in [0.1, 0.15) is 47.4 Å². The second-order valence-electron chi connectivity index (χ2n) is 6.70. The zero-order chi connectivity index (χ0) is 18.3. The molecule has 1 aliphatic carbocycles. The highest BCUT2D eigenvalue weighted by Crippen LogP contribution is 2.39. The minimum atomic E-state index is -0.487.